The van der Waals surface area contributed by atoms with Gasteiger partial charge >= 0.3 is 0 Å². The Labute approximate surface area is 128 Å². The summed E-state index contributed by atoms with van der Waals surface area (Å²) in [6.07, 6.45) is 0. The summed E-state index contributed by atoms with van der Waals surface area (Å²) < 4.78 is 7.52. The molecule has 0 fully saturated rings. The molecule has 0 spiro atoms. The first-order valence-electron chi connectivity index (χ1n) is 6.93. The van der Waals surface area contributed by atoms with Gasteiger partial charge in [0.15, 0.2) is 0 Å². The molecule has 0 unspecified atom stereocenters. The number of aryl methyl sites for hydroxylation is 1. The van der Waals surface area contributed by atoms with Crippen LogP contribution in [-0.4, -0.2) is 16.7 Å². The Hall–Kier alpha value is -2.01. The van der Waals surface area contributed by atoms with Crippen LogP contribution in [0.5, 0.6) is 5.75 Å². The third-order valence-corrected chi connectivity index (χ3v) is 4.42. The summed E-state index contributed by atoms with van der Waals surface area (Å²) in [7, 11) is 1.67. The molecule has 0 atom stereocenters. The zero-order chi connectivity index (χ0) is 15.1. The maximum Gasteiger partial charge on any atom is 0.144 e. The summed E-state index contributed by atoms with van der Waals surface area (Å²) in [5.74, 6) is 1.74. The fraction of sp³-hybridized carbons (Fsp3) is 0.312. The van der Waals surface area contributed by atoms with Crippen LogP contribution in [0.25, 0.3) is 22.4 Å². The van der Waals surface area contributed by atoms with E-state index in [1.54, 1.807) is 18.4 Å². The van der Waals surface area contributed by atoms with Gasteiger partial charge in [-0.3, -0.25) is 0 Å². The van der Waals surface area contributed by atoms with Gasteiger partial charge in [-0.1, -0.05) is 0 Å². The second-order valence-corrected chi connectivity index (χ2v) is 6.68. The number of nitrogens with zero attached hydrogens (tertiary/aromatic N) is 2. The SMILES string of the molecule is COc1ccc2c(c1)nc(-c1cc(C)sc1N)n2C(C)C. The molecule has 2 N–H and O–H groups in total. The Morgan fingerprint density at radius 3 is 2.62 bits per heavy atom. The van der Waals surface area contributed by atoms with Crippen LogP contribution in [0, 0.1) is 6.92 Å². The third-order valence-electron chi connectivity index (χ3n) is 3.54. The molecule has 0 saturated heterocycles. The minimum absolute atomic E-state index is 0.304. The number of rotatable bonds is 3. The molecule has 4 nitrogen and oxygen atoms in total. The minimum atomic E-state index is 0.304. The van der Waals surface area contributed by atoms with Gasteiger partial charge in [-0.25, -0.2) is 4.98 Å². The average molecular weight is 301 g/mol. The lowest BCUT2D eigenvalue weighted by molar-refractivity contribution is 0.415. The van der Waals surface area contributed by atoms with Gasteiger partial charge < -0.3 is 15.0 Å². The highest BCUT2D eigenvalue weighted by atomic mass is 32.1. The average Bonchev–Trinajstić information content (AvgIpc) is 2.97. The Bertz CT molecular complexity index is 801. The van der Waals surface area contributed by atoms with Gasteiger partial charge in [-0.05, 0) is 39.0 Å². The number of hydrogen-bond donors (Lipinski definition) is 1. The fourth-order valence-electron chi connectivity index (χ4n) is 2.63. The molecular formula is C16H19N3OS. The number of nitrogens with two attached hydrogens (primary N) is 1. The van der Waals surface area contributed by atoms with E-state index in [4.69, 9.17) is 15.5 Å². The van der Waals surface area contributed by atoms with Crippen LogP contribution >= 0.6 is 11.3 Å². The standard InChI is InChI=1S/C16H19N3OS/c1-9(2)19-14-6-5-11(20-4)8-13(14)18-16(19)12-7-10(3)21-15(12)17/h5-9H,17H2,1-4H3. The molecule has 0 saturated carbocycles. The highest BCUT2D eigenvalue weighted by Crippen LogP contribution is 2.37. The molecule has 3 rings (SSSR count). The minimum Gasteiger partial charge on any atom is -0.497 e. The van der Waals surface area contributed by atoms with E-state index < -0.39 is 0 Å². The van der Waals surface area contributed by atoms with Gasteiger partial charge in [0.1, 0.15) is 11.6 Å². The van der Waals surface area contributed by atoms with E-state index in [-0.39, 0.29) is 0 Å². The summed E-state index contributed by atoms with van der Waals surface area (Å²) in [6, 6.07) is 8.40. The molecule has 0 bridgehead atoms. The lowest BCUT2D eigenvalue weighted by atomic mass is 10.2. The van der Waals surface area contributed by atoms with Crippen LogP contribution < -0.4 is 10.5 Å². The smallest absolute Gasteiger partial charge is 0.144 e. The summed E-state index contributed by atoms with van der Waals surface area (Å²) in [4.78, 5) is 5.99. The molecule has 1 aromatic carbocycles. The van der Waals surface area contributed by atoms with Crippen LogP contribution in [0.3, 0.4) is 0 Å². The summed E-state index contributed by atoms with van der Waals surface area (Å²) in [5, 5.41) is 0.816. The maximum atomic E-state index is 6.16. The van der Waals surface area contributed by atoms with Gasteiger partial charge in [-0.2, -0.15) is 0 Å². The van der Waals surface area contributed by atoms with Crippen molar-refractivity contribution < 1.29 is 4.74 Å². The van der Waals surface area contributed by atoms with Gasteiger partial charge in [0.25, 0.3) is 0 Å². The molecule has 0 aliphatic carbocycles. The number of imidazole rings is 1. The van der Waals surface area contributed by atoms with Crippen LogP contribution in [0.1, 0.15) is 24.8 Å². The van der Waals surface area contributed by atoms with Crippen LogP contribution in [0.4, 0.5) is 5.00 Å². The van der Waals surface area contributed by atoms with Crippen molar-refractivity contribution in [2.24, 2.45) is 0 Å². The first kappa shape index (κ1) is 13.9. The van der Waals surface area contributed by atoms with Crippen molar-refractivity contribution in [3.8, 4) is 17.1 Å². The normalized spacial score (nSPS) is 11.5. The lowest BCUT2D eigenvalue weighted by Gasteiger charge is -2.13. The van der Waals surface area contributed by atoms with Crippen molar-refractivity contribution in [1.82, 2.24) is 9.55 Å². The monoisotopic (exact) mass is 301 g/mol. The van der Waals surface area contributed by atoms with Crippen molar-refractivity contribution in [1.29, 1.82) is 0 Å². The molecule has 0 aliphatic rings. The predicted molar refractivity (Wildman–Crippen MR) is 89.1 cm³/mol. The number of anilines is 1. The van der Waals surface area contributed by atoms with E-state index in [0.717, 1.165) is 33.2 Å². The Morgan fingerprint density at radius 2 is 2.05 bits per heavy atom. The Kier molecular flexibility index (Phi) is 3.37. The Morgan fingerprint density at radius 1 is 1.29 bits per heavy atom. The molecule has 110 valence electrons. The van der Waals surface area contributed by atoms with Crippen molar-refractivity contribution in [3.63, 3.8) is 0 Å². The number of fused-ring (bicyclic) bond motifs is 1. The molecule has 2 aromatic heterocycles. The largest absolute Gasteiger partial charge is 0.497 e. The molecule has 21 heavy (non-hydrogen) atoms. The van der Waals surface area contributed by atoms with Crippen molar-refractivity contribution in [2.45, 2.75) is 26.8 Å². The predicted octanol–water partition coefficient (Wildman–Crippen LogP) is 4.24. The molecule has 5 heteroatoms. The van der Waals surface area contributed by atoms with Gasteiger partial charge in [0.05, 0.1) is 28.7 Å². The molecular weight excluding hydrogens is 282 g/mol. The number of hydrogen-bond acceptors (Lipinski definition) is 4. The van der Waals surface area contributed by atoms with Gasteiger partial charge in [0, 0.05) is 17.0 Å². The van der Waals surface area contributed by atoms with Crippen molar-refractivity contribution in [2.75, 3.05) is 12.8 Å². The van der Waals surface area contributed by atoms with Crippen molar-refractivity contribution in [3.05, 3.63) is 29.1 Å². The second-order valence-electron chi connectivity index (χ2n) is 5.39. The number of ether oxygens (including phenoxy) is 1. The molecule has 0 radical (unpaired) electrons. The topological polar surface area (TPSA) is 53.1 Å². The summed E-state index contributed by atoms with van der Waals surface area (Å²) in [5.41, 5.74) is 9.21. The fourth-order valence-corrected chi connectivity index (χ4v) is 3.41. The van der Waals surface area contributed by atoms with Gasteiger partial charge in [-0.15, -0.1) is 11.3 Å². The van der Waals surface area contributed by atoms with Crippen molar-refractivity contribution >= 4 is 27.4 Å². The van der Waals surface area contributed by atoms with E-state index in [1.165, 1.54) is 4.88 Å². The molecule has 0 aliphatic heterocycles. The van der Waals surface area contributed by atoms with E-state index in [0.29, 0.717) is 6.04 Å². The third kappa shape index (κ3) is 2.27. The maximum absolute atomic E-state index is 6.16. The summed E-state index contributed by atoms with van der Waals surface area (Å²) >= 11 is 1.60. The van der Waals surface area contributed by atoms with E-state index in [9.17, 15) is 0 Å². The first-order chi connectivity index (χ1) is 10.0. The van der Waals surface area contributed by atoms with Crippen LogP contribution in [0.15, 0.2) is 24.3 Å². The van der Waals surface area contributed by atoms with E-state index in [1.807, 2.05) is 12.1 Å². The zero-order valence-electron chi connectivity index (χ0n) is 12.7. The number of thiophene rings is 1. The number of aromatic nitrogens is 2. The highest BCUT2D eigenvalue weighted by molar-refractivity contribution is 7.16. The summed E-state index contributed by atoms with van der Waals surface area (Å²) in [6.45, 7) is 6.38. The number of benzene rings is 1. The lowest BCUT2D eigenvalue weighted by Crippen LogP contribution is -2.03. The van der Waals surface area contributed by atoms with E-state index in [2.05, 4.69) is 37.5 Å². The van der Waals surface area contributed by atoms with Gasteiger partial charge in [0.2, 0.25) is 0 Å². The molecule has 0 amide bonds. The van der Waals surface area contributed by atoms with Crippen LogP contribution in [-0.2, 0) is 0 Å². The quantitative estimate of drug-likeness (QED) is 0.787. The number of nitrogen functional groups attached to an aromatic ring is 1. The Balaban J connectivity index is 2.31. The molecule has 2 heterocycles. The number of methoxy groups -OCH3 is 1. The zero-order valence-corrected chi connectivity index (χ0v) is 13.5. The van der Waals surface area contributed by atoms with E-state index >= 15 is 0 Å². The first-order valence-corrected chi connectivity index (χ1v) is 7.75. The second kappa shape index (κ2) is 5.07. The van der Waals surface area contributed by atoms with Crippen LogP contribution in [0.2, 0.25) is 0 Å². The molecule has 3 aromatic rings. The highest BCUT2D eigenvalue weighted by Gasteiger charge is 2.18.